The first-order valence-electron chi connectivity index (χ1n) is 6.08. The van der Waals surface area contributed by atoms with Crippen LogP contribution in [0.4, 0.5) is 0 Å². The lowest BCUT2D eigenvalue weighted by Crippen LogP contribution is -2.31. The number of halogens is 2. The van der Waals surface area contributed by atoms with E-state index in [1.807, 2.05) is 11.3 Å². The Hall–Kier alpha value is 0.580. The van der Waals surface area contributed by atoms with Crippen molar-refractivity contribution in [2.75, 3.05) is 26.8 Å². The fourth-order valence-corrected chi connectivity index (χ4v) is 3.84. The molecular formula is C13H21Br2NOS. The summed E-state index contributed by atoms with van der Waals surface area (Å²) in [5.41, 5.74) is 0.316. The Morgan fingerprint density at radius 3 is 2.67 bits per heavy atom. The topological polar surface area (TPSA) is 21.3 Å². The van der Waals surface area contributed by atoms with Crippen LogP contribution in [0.3, 0.4) is 0 Å². The Balaban J connectivity index is 2.31. The Morgan fingerprint density at radius 2 is 2.11 bits per heavy atom. The van der Waals surface area contributed by atoms with Crippen LogP contribution in [0, 0.1) is 5.41 Å². The highest BCUT2D eigenvalue weighted by molar-refractivity contribution is 9.13. The van der Waals surface area contributed by atoms with E-state index in [1.165, 1.54) is 19.6 Å². The quantitative estimate of drug-likeness (QED) is 0.652. The fraction of sp³-hybridized carbons (Fsp3) is 0.692. The normalized spacial score (nSPS) is 12.1. The summed E-state index contributed by atoms with van der Waals surface area (Å²) < 4.78 is 7.38. The van der Waals surface area contributed by atoms with E-state index in [0.717, 1.165) is 26.1 Å². The highest BCUT2D eigenvalue weighted by Gasteiger charge is 2.18. The molecule has 0 fully saturated rings. The maximum absolute atomic E-state index is 5.03. The second kappa shape index (κ2) is 8.00. The van der Waals surface area contributed by atoms with Crippen molar-refractivity contribution in [3.05, 3.63) is 19.2 Å². The minimum atomic E-state index is 0.316. The second-order valence-electron chi connectivity index (χ2n) is 5.17. The Labute approximate surface area is 131 Å². The first-order valence-corrected chi connectivity index (χ1v) is 8.48. The Morgan fingerprint density at radius 1 is 1.39 bits per heavy atom. The molecule has 2 nitrogen and oxygen atoms in total. The van der Waals surface area contributed by atoms with Gasteiger partial charge in [0.2, 0.25) is 0 Å². The zero-order valence-corrected chi connectivity index (χ0v) is 15.2. The number of hydrogen-bond donors (Lipinski definition) is 1. The smallest absolute Gasteiger partial charge is 0.0843 e. The molecule has 5 heteroatoms. The van der Waals surface area contributed by atoms with Crippen LogP contribution in [0.1, 0.15) is 25.1 Å². The third-order valence-corrected chi connectivity index (χ3v) is 6.15. The molecule has 1 heterocycles. The predicted octanol–water partition coefficient (Wildman–Crippen LogP) is 4.47. The summed E-state index contributed by atoms with van der Waals surface area (Å²) in [7, 11) is 1.74. The number of hydrogen-bond acceptors (Lipinski definition) is 3. The molecule has 0 atom stereocenters. The van der Waals surface area contributed by atoms with Crippen molar-refractivity contribution in [3.8, 4) is 0 Å². The predicted molar refractivity (Wildman–Crippen MR) is 86.6 cm³/mol. The van der Waals surface area contributed by atoms with E-state index in [2.05, 4.69) is 57.1 Å². The number of ether oxygens (including phenoxy) is 1. The number of aryl methyl sites for hydroxylation is 1. The zero-order chi connectivity index (χ0) is 13.6. The minimum Gasteiger partial charge on any atom is -0.383 e. The van der Waals surface area contributed by atoms with E-state index in [9.17, 15) is 0 Å². The van der Waals surface area contributed by atoms with E-state index in [1.54, 1.807) is 7.11 Å². The number of methoxy groups -OCH3 is 1. The van der Waals surface area contributed by atoms with Crippen LogP contribution in [-0.2, 0) is 11.2 Å². The zero-order valence-electron chi connectivity index (χ0n) is 11.2. The average molecular weight is 399 g/mol. The van der Waals surface area contributed by atoms with Gasteiger partial charge in [-0.3, -0.25) is 0 Å². The fourth-order valence-electron chi connectivity index (χ4n) is 1.67. The van der Waals surface area contributed by atoms with Gasteiger partial charge in [0, 0.05) is 29.5 Å². The summed E-state index contributed by atoms with van der Waals surface area (Å²) in [5.74, 6) is 0. The Kier molecular flexibility index (Phi) is 7.39. The maximum Gasteiger partial charge on any atom is 0.0843 e. The van der Waals surface area contributed by atoms with Crippen molar-refractivity contribution in [2.24, 2.45) is 5.41 Å². The number of rotatable bonds is 8. The molecule has 1 rings (SSSR count). The SMILES string of the molecule is COCCNCC(C)(C)CCc1cc(Br)c(Br)s1. The molecule has 1 aromatic rings. The van der Waals surface area contributed by atoms with Gasteiger partial charge in [-0.25, -0.2) is 0 Å². The first kappa shape index (κ1) is 16.6. The largest absolute Gasteiger partial charge is 0.383 e. The molecule has 0 bridgehead atoms. The van der Waals surface area contributed by atoms with E-state index in [-0.39, 0.29) is 0 Å². The molecule has 0 aliphatic heterocycles. The van der Waals surface area contributed by atoms with Crippen molar-refractivity contribution in [1.82, 2.24) is 5.32 Å². The van der Waals surface area contributed by atoms with Crippen LogP contribution in [0.2, 0.25) is 0 Å². The summed E-state index contributed by atoms with van der Waals surface area (Å²) in [6.07, 6.45) is 2.32. The molecule has 0 amide bonds. The molecule has 0 aromatic carbocycles. The molecule has 104 valence electrons. The number of thiophene rings is 1. The third-order valence-electron chi connectivity index (χ3n) is 2.83. The molecule has 0 spiro atoms. The monoisotopic (exact) mass is 397 g/mol. The first-order chi connectivity index (χ1) is 8.44. The van der Waals surface area contributed by atoms with Crippen LogP contribution in [0.15, 0.2) is 14.3 Å². The van der Waals surface area contributed by atoms with Crippen molar-refractivity contribution in [2.45, 2.75) is 26.7 Å². The van der Waals surface area contributed by atoms with Gasteiger partial charge in [-0.05, 0) is 56.2 Å². The van der Waals surface area contributed by atoms with E-state index in [4.69, 9.17) is 4.74 Å². The van der Waals surface area contributed by atoms with E-state index >= 15 is 0 Å². The molecule has 1 aromatic heterocycles. The molecule has 0 aliphatic rings. The van der Waals surface area contributed by atoms with Crippen LogP contribution < -0.4 is 5.32 Å². The average Bonchev–Trinajstić information content (AvgIpc) is 2.62. The van der Waals surface area contributed by atoms with Crippen molar-refractivity contribution < 1.29 is 4.74 Å². The lowest BCUT2D eigenvalue weighted by molar-refractivity contribution is 0.193. The van der Waals surface area contributed by atoms with Gasteiger partial charge in [0.25, 0.3) is 0 Å². The second-order valence-corrected chi connectivity index (χ2v) is 8.48. The van der Waals surface area contributed by atoms with Gasteiger partial charge < -0.3 is 10.1 Å². The van der Waals surface area contributed by atoms with Gasteiger partial charge in [0.15, 0.2) is 0 Å². The maximum atomic E-state index is 5.03. The molecule has 0 saturated carbocycles. The summed E-state index contributed by atoms with van der Waals surface area (Å²) >= 11 is 8.89. The summed E-state index contributed by atoms with van der Waals surface area (Å²) in [6.45, 7) is 7.36. The van der Waals surface area contributed by atoms with Crippen molar-refractivity contribution >= 4 is 43.2 Å². The highest BCUT2D eigenvalue weighted by atomic mass is 79.9. The lowest BCUT2D eigenvalue weighted by atomic mass is 9.87. The molecule has 0 radical (unpaired) electrons. The lowest BCUT2D eigenvalue weighted by Gasteiger charge is -2.24. The molecule has 0 aliphatic carbocycles. The molecule has 1 N–H and O–H groups in total. The molecule has 18 heavy (non-hydrogen) atoms. The Bertz CT molecular complexity index is 346. The number of nitrogens with one attached hydrogen (secondary N) is 1. The molecule has 0 saturated heterocycles. The molecular weight excluding hydrogens is 378 g/mol. The summed E-state index contributed by atoms with van der Waals surface area (Å²) in [5, 5.41) is 3.44. The summed E-state index contributed by atoms with van der Waals surface area (Å²) in [6, 6.07) is 2.21. The molecule has 0 unspecified atom stereocenters. The summed E-state index contributed by atoms with van der Waals surface area (Å²) in [4.78, 5) is 1.43. The van der Waals surface area contributed by atoms with Gasteiger partial charge in [-0.2, -0.15) is 0 Å². The van der Waals surface area contributed by atoms with Gasteiger partial charge in [-0.1, -0.05) is 13.8 Å². The van der Waals surface area contributed by atoms with Crippen LogP contribution >= 0.6 is 43.2 Å². The van der Waals surface area contributed by atoms with Crippen molar-refractivity contribution in [3.63, 3.8) is 0 Å². The minimum absolute atomic E-state index is 0.316. The van der Waals surface area contributed by atoms with Crippen molar-refractivity contribution in [1.29, 1.82) is 0 Å². The van der Waals surface area contributed by atoms with Crippen LogP contribution in [0.25, 0.3) is 0 Å². The van der Waals surface area contributed by atoms with Gasteiger partial charge in [0.05, 0.1) is 10.4 Å². The van der Waals surface area contributed by atoms with E-state index < -0.39 is 0 Å². The van der Waals surface area contributed by atoms with E-state index in [0.29, 0.717) is 5.41 Å². The van der Waals surface area contributed by atoms with Crippen LogP contribution in [-0.4, -0.2) is 26.8 Å². The van der Waals surface area contributed by atoms with Gasteiger partial charge >= 0.3 is 0 Å². The van der Waals surface area contributed by atoms with Crippen LogP contribution in [0.5, 0.6) is 0 Å². The van der Waals surface area contributed by atoms with Gasteiger partial charge in [0.1, 0.15) is 0 Å². The highest BCUT2D eigenvalue weighted by Crippen LogP contribution is 2.34. The van der Waals surface area contributed by atoms with Gasteiger partial charge in [-0.15, -0.1) is 11.3 Å². The standard InChI is InChI=1S/C13H21Br2NOS/c1-13(2,9-16-6-7-17-3)5-4-10-8-11(14)12(15)18-10/h8,16H,4-7,9H2,1-3H3. The third kappa shape index (κ3) is 6.15.